The van der Waals surface area contributed by atoms with Crippen LogP contribution in [0.5, 0.6) is 0 Å². The average Bonchev–Trinajstić information content (AvgIpc) is 2.56. The Bertz CT molecular complexity index is 608. The Labute approximate surface area is 134 Å². The summed E-state index contributed by atoms with van der Waals surface area (Å²) in [6.07, 6.45) is 6.07. The van der Waals surface area contributed by atoms with Gasteiger partial charge in [-0.25, -0.2) is 0 Å². The molecule has 0 spiro atoms. The predicted molar refractivity (Wildman–Crippen MR) is 96.3 cm³/mol. The molecule has 0 aliphatic carbocycles. The molecule has 114 valence electrons. The number of hydrogen-bond donors (Lipinski definition) is 0. The Morgan fingerprint density at radius 1 is 0.955 bits per heavy atom. The van der Waals surface area contributed by atoms with E-state index in [1.807, 2.05) is 12.3 Å². The predicted octanol–water partition coefficient (Wildman–Crippen LogP) is 5.22. The van der Waals surface area contributed by atoms with Crippen LogP contribution in [0, 0.1) is 0 Å². The number of quaternary nitrogens is 1. The standard InChI is InChI=1S/C21H26N/c1-5-18-12-14-19(15-13-18)16-17-21(22(3,4)6-2)20-10-8-7-9-11-20/h5-15,21H,1-2,16-17H2,3-4H3/q+1. The van der Waals surface area contributed by atoms with Crippen molar-refractivity contribution < 1.29 is 4.48 Å². The molecule has 2 rings (SSSR count). The largest absolute Gasteiger partial charge is 0.296 e. The van der Waals surface area contributed by atoms with Gasteiger partial charge in [0.2, 0.25) is 0 Å². The summed E-state index contributed by atoms with van der Waals surface area (Å²) in [5, 5.41) is 0. The number of aryl methyl sites for hydroxylation is 1. The second kappa shape index (κ2) is 7.24. The van der Waals surface area contributed by atoms with E-state index in [9.17, 15) is 0 Å². The first-order chi connectivity index (χ1) is 10.6. The molecular weight excluding hydrogens is 266 g/mol. The van der Waals surface area contributed by atoms with Crippen LogP contribution in [-0.2, 0) is 6.42 Å². The summed E-state index contributed by atoms with van der Waals surface area (Å²) in [6, 6.07) is 19.8. The maximum atomic E-state index is 4.02. The zero-order valence-corrected chi connectivity index (χ0v) is 13.7. The van der Waals surface area contributed by atoms with E-state index in [0.717, 1.165) is 17.3 Å². The van der Waals surface area contributed by atoms with Gasteiger partial charge in [-0.15, -0.1) is 0 Å². The van der Waals surface area contributed by atoms with E-state index in [0.29, 0.717) is 6.04 Å². The minimum atomic E-state index is 0.415. The zero-order valence-electron chi connectivity index (χ0n) is 13.7. The molecule has 0 radical (unpaired) electrons. The fourth-order valence-corrected chi connectivity index (χ4v) is 2.81. The summed E-state index contributed by atoms with van der Waals surface area (Å²) >= 11 is 0. The van der Waals surface area contributed by atoms with Crippen LogP contribution in [0.15, 0.2) is 74.0 Å². The Balaban J connectivity index is 2.16. The van der Waals surface area contributed by atoms with Gasteiger partial charge in [0.15, 0.2) is 0 Å². The average molecular weight is 292 g/mol. The molecule has 0 amide bonds. The quantitative estimate of drug-likeness (QED) is 0.613. The van der Waals surface area contributed by atoms with Crippen molar-refractivity contribution in [3.05, 3.63) is 90.6 Å². The van der Waals surface area contributed by atoms with Gasteiger partial charge in [-0.3, -0.25) is 4.48 Å². The van der Waals surface area contributed by atoms with Crippen LogP contribution in [0.25, 0.3) is 6.08 Å². The van der Waals surface area contributed by atoms with E-state index in [2.05, 4.69) is 81.9 Å². The van der Waals surface area contributed by atoms with Crippen molar-refractivity contribution in [2.75, 3.05) is 14.1 Å². The van der Waals surface area contributed by atoms with Crippen LogP contribution in [0.1, 0.15) is 29.2 Å². The fraction of sp³-hybridized carbons (Fsp3) is 0.238. The number of rotatable bonds is 7. The third-order valence-electron chi connectivity index (χ3n) is 4.38. The van der Waals surface area contributed by atoms with Gasteiger partial charge >= 0.3 is 0 Å². The van der Waals surface area contributed by atoms with E-state index < -0.39 is 0 Å². The fourth-order valence-electron chi connectivity index (χ4n) is 2.81. The maximum absolute atomic E-state index is 4.02. The highest BCUT2D eigenvalue weighted by Gasteiger charge is 2.27. The third kappa shape index (κ3) is 3.96. The Kier molecular flexibility index (Phi) is 5.35. The first-order valence-electron chi connectivity index (χ1n) is 7.80. The smallest absolute Gasteiger partial charge is 0.119 e. The van der Waals surface area contributed by atoms with Gasteiger partial charge in [0.1, 0.15) is 6.04 Å². The second-order valence-corrected chi connectivity index (χ2v) is 6.22. The summed E-state index contributed by atoms with van der Waals surface area (Å²) in [6.45, 7) is 7.82. The SMILES string of the molecule is C=Cc1ccc(CCC(c2ccccc2)[N+](C)(C)C=C)cc1. The normalized spacial score (nSPS) is 12.6. The van der Waals surface area contributed by atoms with E-state index in [1.165, 1.54) is 16.7 Å². The van der Waals surface area contributed by atoms with Crippen molar-refractivity contribution in [1.82, 2.24) is 0 Å². The molecule has 0 fully saturated rings. The molecule has 0 aromatic heterocycles. The van der Waals surface area contributed by atoms with Crippen LogP contribution in [-0.4, -0.2) is 18.6 Å². The third-order valence-corrected chi connectivity index (χ3v) is 4.38. The summed E-state index contributed by atoms with van der Waals surface area (Å²) in [7, 11) is 4.43. The lowest BCUT2D eigenvalue weighted by Gasteiger charge is -2.35. The van der Waals surface area contributed by atoms with Crippen LogP contribution in [0.4, 0.5) is 0 Å². The lowest BCUT2D eigenvalue weighted by Crippen LogP contribution is -2.37. The molecule has 0 bridgehead atoms. The second-order valence-electron chi connectivity index (χ2n) is 6.22. The van der Waals surface area contributed by atoms with Crippen molar-refractivity contribution in [1.29, 1.82) is 0 Å². The molecule has 1 atom stereocenters. The Morgan fingerprint density at radius 3 is 2.14 bits per heavy atom. The number of benzene rings is 2. The molecule has 0 aliphatic heterocycles. The summed E-state index contributed by atoms with van der Waals surface area (Å²) in [5.41, 5.74) is 3.91. The molecule has 1 unspecified atom stereocenters. The highest BCUT2D eigenvalue weighted by atomic mass is 15.3. The topological polar surface area (TPSA) is 0 Å². The van der Waals surface area contributed by atoms with Gasteiger partial charge in [0, 0.05) is 12.0 Å². The van der Waals surface area contributed by atoms with E-state index in [4.69, 9.17) is 0 Å². The first-order valence-corrected chi connectivity index (χ1v) is 7.80. The van der Waals surface area contributed by atoms with Crippen molar-refractivity contribution >= 4 is 6.08 Å². The molecule has 0 aliphatic rings. The number of hydrogen-bond acceptors (Lipinski definition) is 0. The molecular formula is C21H26N+. The van der Waals surface area contributed by atoms with Crippen LogP contribution < -0.4 is 0 Å². The van der Waals surface area contributed by atoms with E-state index in [1.54, 1.807) is 0 Å². The van der Waals surface area contributed by atoms with Gasteiger partial charge in [-0.05, 0) is 24.1 Å². The van der Waals surface area contributed by atoms with Gasteiger partial charge in [-0.1, -0.05) is 67.3 Å². The molecule has 2 aromatic carbocycles. The molecule has 2 aromatic rings. The molecule has 0 saturated heterocycles. The molecule has 1 heteroatoms. The monoisotopic (exact) mass is 292 g/mol. The molecule has 1 nitrogen and oxygen atoms in total. The lowest BCUT2D eigenvalue weighted by atomic mass is 9.96. The lowest BCUT2D eigenvalue weighted by molar-refractivity contribution is -0.872. The minimum absolute atomic E-state index is 0.415. The van der Waals surface area contributed by atoms with Gasteiger partial charge in [0.05, 0.1) is 20.3 Å². The summed E-state index contributed by atoms with van der Waals surface area (Å²) in [5.74, 6) is 0. The van der Waals surface area contributed by atoms with Crippen LogP contribution >= 0.6 is 0 Å². The van der Waals surface area contributed by atoms with Crippen molar-refractivity contribution in [3.8, 4) is 0 Å². The van der Waals surface area contributed by atoms with Crippen molar-refractivity contribution in [2.24, 2.45) is 0 Å². The van der Waals surface area contributed by atoms with E-state index >= 15 is 0 Å². The van der Waals surface area contributed by atoms with E-state index in [-0.39, 0.29) is 0 Å². The van der Waals surface area contributed by atoms with Crippen LogP contribution in [0.3, 0.4) is 0 Å². The molecule has 0 heterocycles. The molecule has 0 saturated carbocycles. The zero-order chi connectivity index (χ0) is 16.0. The van der Waals surface area contributed by atoms with Gasteiger partial charge < -0.3 is 0 Å². The van der Waals surface area contributed by atoms with Gasteiger partial charge in [-0.2, -0.15) is 0 Å². The van der Waals surface area contributed by atoms with Crippen molar-refractivity contribution in [3.63, 3.8) is 0 Å². The minimum Gasteiger partial charge on any atom is -0.296 e. The Morgan fingerprint density at radius 2 is 1.59 bits per heavy atom. The summed E-state index contributed by atoms with van der Waals surface area (Å²) in [4.78, 5) is 0. The highest BCUT2D eigenvalue weighted by Crippen LogP contribution is 2.30. The van der Waals surface area contributed by atoms with Crippen LogP contribution in [0.2, 0.25) is 0 Å². The molecule has 22 heavy (non-hydrogen) atoms. The molecule has 0 N–H and O–H groups in total. The number of nitrogens with zero attached hydrogens (tertiary/aromatic N) is 1. The maximum Gasteiger partial charge on any atom is 0.119 e. The Hall–Kier alpha value is -2.12. The highest BCUT2D eigenvalue weighted by molar-refractivity contribution is 5.47. The van der Waals surface area contributed by atoms with Gasteiger partial charge in [0.25, 0.3) is 0 Å². The first kappa shape index (κ1) is 16.3. The van der Waals surface area contributed by atoms with Crippen molar-refractivity contribution in [2.45, 2.75) is 18.9 Å². The summed E-state index contributed by atoms with van der Waals surface area (Å²) < 4.78 is 0.786.